The van der Waals surface area contributed by atoms with Gasteiger partial charge in [0.1, 0.15) is 5.75 Å². The first kappa shape index (κ1) is 19.2. The predicted octanol–water partition coefficient (Wildman–Crippen LogP) is 3.33. The lowest BCUT2D eigenvalue weighted by atomic mass is 9.83. The predicted molar refractivity (Wildman–Crippen MR) is 102 cm³/mol. The number of ether oxygens (including phenoxy) is 2. The van der Waals surface area contributed by atoms with Crippen molar-refractivity contribution in [3.63, 3.8) is 0 Å². The van der Waals surface area contributed by atoms with E-state index in [0.29, 0.717) is 6.04 Å². The lowest BCUT2D eigenvalue weighted by molar-refractivity contribution is -0.258. The molecule has 5 heteroatoms. The summed E-state index contributed by atoms with van der Waals surface area (Å²) in [4.78, 5) is 15.1. The zero-order valence-corrected chi connectivity index (χ0v) is 16.3. The number of fused-ring (bicyclic) bond motifs is 2. The van der Waals surface area contributed by atoms with Crippen LogP contribution in [0.3, 0.4) is 0 Å². The van der Waals surface area contributed by atoms with Crippen LogP contribution in [0.1, 0.15) is 51.5 Å². The monoisotopic (exact) mass is 360 g/mol. The molecule has 0 radical (unpaired) electrons. The van der Waals surface area contributed by atoms with Gasteiger partial charge in [-0.05, 0) is 30.5 Å². The molecule has 3 rings (SSSR count). The van der Waals surface area contributed by atoms with E-state index in [0.717, 1.165) is 57.5 Å². The molecule has 1 aromatic rings. The minimum Gasteiger partial charge on any atom is -0.497 e. The van der Waals surface area contributed by atoms with Gasteiger partial charge < -0.3 is 14.8 Å². The van der Waals surface area contributed by atoms with Crippen molar-refractivity contribution in [2.45, 2.75) is 64.3 Å². The highest BCUT2D eigenvalue weighted by Crippen LogP contribution is 2.42. The lowest BCUT2D eigenvalue weighted by Gasteiger charge is -2.60. The molecule has 0 aliphatic carbocycles. The van der Waals surface area contributed by atoms with Gasteiger partial charge in [-0.3, -0.25) is 9.69 Å². The van der Waals surface area contributed by atoms with Crippen molar-refractivity contribution in [2.75, 3.05) is 20.2 Å². The summed E-state index contributed by atoms with van der Waals surface area (Å²) in [5.74, 6) is 0.859. The molecule has 3 unspecified atom stereocenters. The van der Waals surface area contributed by atoms with Crippen molar-refractivity contribution in [3.8, 4) is 5.75 Å². The van der Waals surface area contributed by atoms with Crippen molar-refractivity contribution in [2.24, 2.45) is 5.92 Å². The van der Waals surface area contributed by atoms with Gasteiger partial charge in [-0.15, -0.1) is 0 Å². The smallest absolute Gasteiger partial charge is 0.310 e. The Balaban J connectivity index is 1.66. The molecule has 0 amide bonds. The van der Waals surface area contributed by atoms with Gasteiger partial charge in [0.25, 0.3) is 0 Å². The highest BCUT2D eigenvalue weighted by Gasteiger charge is 2.57. The molecule has 0 saturated carbocycles. The largest absolute Gasteiger partial charge is 0.497 e. The second-order valence-corrected chi connectivity index (χ2v) is 7.58. The third-order valence-corrected chi connectivity index (χ3v) is 5.83. The molecule has 3 atom stereocenters. The van der Waals surface area contributed by atoms with Crippen molar-refractivity contribution in [3.05, 3.63) is 29.8 Å². The summed E-state index contributed by atoms with van der Waals surface area (Å²) in [6.07, 6.45) is 4.91. The number of unbranched alkanes of at least 4 members (excludes halogenated alkanes) is 1. The Morgan fingerprint density at radius 1 is 1.35 bits per heavy atom. The van der Waals surface area contributed by atoms with E-state index in [9.17, 15) is 4.79 Å². The highest BCUT2D eigenvalue weighted by molar-refractivity contribution is 5.73. The first-order valence-corrected chi connectivity index (χ1v) is 9.95. The van der Waals surface area contributed by atoms with Gasteiger partial charge in [-0.2, -0.15) is 0 Å². The molecule has 1 N–H and O–H groups in total. The number of carbonyl (C=O) groups is 1. The Labute approximate surface area is 157 Å². The summed E-state index contributed by atoms with van der Waals surface area (Å²) in [5, 5.41) is 3.43. The Morgan fingerprint density at radius 2 is 2.12 bits per heavy atom. The molecule has 0 aromatic heterocycles. The number of likely N-dealkylation sites (tertiary alicyclic amines) is 1. The molecule has 0 spiro atoms. The maximum Gasteiger partial charge on any atom is 0.310 e. The highest BCUT2D eigenvalue weighted by atomic mass is 16.6. The Bertz CT molecular complexity index is 600. The number of piperazine rings is 1. The van der Waals surface area contributed by atoms with E-state index < -0.39 is 5.72 Å². The van der Waals surface area contributed by atoms with Crippen LogP contribution < -0.4 is 10.1 Å². The molecule has 5 nitrogen and oxygen atoms in total. The second-order valence-electron chi connectivity index (χ2n) is 7.58. The zero-order valence-electron chi connectivity index (χ0n) is 16.3. The first-order chi connectivity index (χ1) is 12.6. The van der Waals surface area contributed by atoms with Crippen molar-refractivity contribution >= 4 is 5.97 Å². The Hall–Kier alpha value is -1.59. The normalized spacial score (nSPS) is 26.0. The number of esters is 1. The topological polar surface area (TPSA) is 50.8 Å². The van der Waals surface area contributed by atoms with Crippen LogP contribution in [0, 0.1) is 5.92 Å². The lowest BCUT2D eigenvalue weighted by Crippen LogP contribution is -2.77. The van der Waals surface area contributed by atoms with Crippen LogP contribution >= 0.6 is 0 Å². The van der Waals surface area contributed by atoms with Gasteiger partial charge in [0.15, 0.2) is 5.72 Å². The molecule has 2 heterocycles. The molecule has 1 aromatic carbocycles. The molecular formula is C21H32N2O3. The fourth-order valence-corrected chi connectivity index (χ4v) is 4.15. The van der Waals surface area contributed by atoms with Gasteiger partial charge in [0.05, 0.1) is 13.0 Å². The average Bonchev–Trinajstić information content (AvgIpc) is 2.67. The third-order valence-electron chi connectivity index (χ3n) is 5.83. The van der Waals surface area contributed by atoms with Gasteiger partial charge >= 0.3 is 5.97 Å². The SMILES string of the molecule is CCCCC(CC)C(=O)OC12CNCC(C1)N2Cc1ccc(OC)cc1. The Kier molecular flexibility index (Phi) is 6.20. The maximum absolute atomic E-state index is 12.8. The fourth-order valence-electron chi connectivity index (χ4n) is 4.15. The van der Waals surface area contributed by atoms with Crippen LogP contribution in [0.15, 0.2) is 24.3 Å². The van der Waals surface area contributed by atoms with E-state index in [4.69, 9.17) is 9.47 Å². The molecule has 2 saturated heterocycles. The van der Waals surface area contributed by atoms with Gasteiger partial charge in [-0.1, -0.05) is 38.8 Å². The molecule has 2 aliphatic rings. The van der Waals surface area contributed by atoms with E-state index in [1.165, 1.54) is 5.56 Å². The van der Waals surface area contributed by atoms with Crippen molar-refractivity contribution in [1.82, 2.24) is 10.2 Å². The average molecular weight is 360 g/mol. The number of nitrogens with zero attached hydrogens (tertiary/aromatic N) is 1. The van der Waals surface area contributed by atoms with Gasteiger partial charge in [0.2, 0.25) is 0 Å². The standard InChI is InChI=1S/C21H32N2O3/c1-4-6-7-17(5-2)20(24)26-21-12-18(13-22-15-21)23(21)14-16-8-10-19(25-3)11-9-16/h8-11,17-18,22H,4-7,12-15H2,1-3H3. The number of rotatable bonds is 9. The van der Waals surface area contributed by atoms with E-state index in [-0.39, 0.29) is 11.9 Å². The number of piperidine rings is 1. The third kappa shape index (κ3) is 3.89. The van der Waals surface area contributed by atoms with E-state index >= 15 is 0 Å². The molecule has 2 fully saturated rings. The Morgan fingerprint density at radius 3 is 2.73 bits per heavy atom. The summed E-state index contributed by atoms with van der Waals surface area (Å²) in [5.41, 5.74) is 0.746. The maximum atomic E-state index is 12.8. The van der Waals surface area contributed by atoms with Crippen LogP contribution in [-0.2, 0) is 16.1 Å². The fraction of sp³-hybridized carbons (Fsp3) is 0.667. The number of methoxy groups -OCH3 is 1. The number of hydrogen-bond donors (Lipinski definition) is 1. The number of hydrogen-bond acceptors (Lipinski definition) is 5. The van der Waals surface area contributed by atoms with Crippen LogP contribution in [0.5, 0.6) is 5.75 Å². The van der Waals surface area contributed by atoms with Crippen molar-refractivity contribution in [1.29, 1.82) is 0 Å². The molecular weight excluding hydrogens is 328 g/mol. The minimum atomic E-state index is -0.473. The first-order valence-electron chi connectivity index (χ1n) is 9.95. The zero-order chi connectivity index (χ0) is 18.6. The quantitative estimate of drug-likeness (QED) is 0.685. The van der Waals surface area contributed by atoms with Crippen LogP contribution in [0.2, 0.25) is 0 Å². The van der Waals surface area contributed by atoms with E-state index in [1.807, 2.05) is 12.1 Å². The molecule has 26 heavy (non-hydrogen) atoms. The van der Waals surface area contributed by atoms with Crippen molar-refractivity contribution < 1.29 is 14.3 Å². The summed E-state index contributed by atoms with van der Waals surface area (Å²) in [6.45, 7) is 6.72. The van der Waals surface area contributed by atoms with Gasteiger partial charge in [0, 0.05) is 32.1 Å². The van der Waals surface area contributed by atoms with Gasteiger partial charge in [-0.25, -0.2) is 0 Å². The second kappa shape index (κ2) is 8.40. The van der Waals surface area contributed by atoms with E-state index in [1.54, 1.807) is 7.11 Å². The molecule has 144 valence electrons. The van der Waals surface area contributed by atoms with Crippen LogP contribution in [-0.4, -0.2) is 42.8 Å². The summed E-state index contributed by atoms with van der Waals surface area (Å²) in [6, 6.07) is 8.59. The summed E-state index contributed by atoms with van der Waals surface area (Å²) >= 11 is 0. The molecule has 2 bridgehead atoms. The number of nitrogens with one attached hydrogen (secondary N) is 1. The van der Waals surface area contributed by atoms with Crippen LogP contribution in [0.25, 0.3) is 0 Å². The minimum absolute atomic E-state index is 0.0214. The molecule has 2 aliphatic heterocycles. The number of benzene rings is 1. The van der Waals surface area contributed by atoms with E-state index in [2.05, 4.69) is 36.2 Å². The number of carbonyl (C=O) groups excluding carboxylic acids is 1. The summed E-state index contributed by atoms with van der Waals surface area (Å²) < 4.78 is 11.4. The summed E-state index contributed by atoms with van der Waals surface area (Å²) in [7, 11) is 1.68. The van der Waals surface area contributed by atoms with Crippen LogP contribution in [0.4, 0.5) is 0 Å².